The van der Waals surface area contributed by atoms with E-state index >= 15 is 0 Å². The Labute approximate surface area is 185 Å². The molecule has 0 aliphatic rings. The highest BCUT2D eigenvalue weighted by Crippen LogP contribution is 2.36. The summed E-state index contributed by atoms with van der Waals surface area (Å²) in [6.45, 7) is 1.69. The maximum absolute atomic E-state index is 12.4. The van der Waals surface area contributed by atoms with Crippen LogP contribution in [0, 0.1) is 0 Å². The third-order valence-electron chi connectivity index (χ3n) is 4.17. The van der Waals surface area contributed by atoms with E-state index in [1.165, 1.54) is 53.8 Å². The van der Waals surface area contributed by atoms with E-state index in [1.807, 2.05) is 0 Å². The van der Waals surface area contributed by atoms with Crippen LogP contribution < -0.4 is 10.6 Å². The molecule has 0 saturated carbocycles. The van der Waals surface area contributed by atoms with Gasteiger partial charge >= 0.3 is 5.51 Å². The van der Waals surface area contributed by atoms with Crippen molar-refractivity contribution in [1.82, 2.24) is 14.8 Å². The van der Waals surface area contributed by atoms with Crippen molar-refractivity contribution in [3.8, 4) is 0 Å². The topological polar surface area (TPSA) is 88.9 Å². The molecule has 1 atom stereocenters. The Bertz CT molecular complexity index is 1080. The fraction of sp³-hybridized carbons (Fsp3) is 0.143. The van der Waals surface area contributed by atoms with E-state index in [0.29, 0.717) is 16.9 Å². The molecule has 1 unspecified atom stereocenters. The molecule has 0 saturated heterocycles. The summed E-state index contributed by atoms with van der Waals surface area (Å²) in [5, 5.41) is 9.34. The van der Waals surface area contributed by atoms with Gasteiger partial charge in [0.25, 0.3) is 0 Å². The Morgan fingerprint density at radius 1 is 1.03 bits per heavy atom. The molecule has 1 heterocycles. The van der Waals surface area contributed by atoms with Crippen LogP contribution in [0.15, 0.2) is 72.2 Å². The number of anilines is 2. The van der Waals surface area contributed by atoms with Gasteiger partial charge in [-0.05, 0) is 66.7 Å². The molecule has 1 aromatic heterocycles. The van der Waals surface area contributed by atoms with Gasteiger partial charge in [-0.1, -0.05) is 12.1 Å². The molecule has 0 spiro atoms. The normalized spacial score (nSPS) is 12.5. The summed E-state index contributed by atoms with van der Waals surface area (Å²) in [4.78, 5) is 28.2. The maximum atomic E-state index is 12.4. The summed E-state index contributed by atoms with van der Waals surface area (Å²) in [5.41, 5.74) is -2.69. The average Bonchev–Trinajstić information content (AvgIpc) is 3.28. The number of carbonyl (C=O) groups excluding carboxylic acids is 2. The van der Waals surface area contributed by atoms with Gasteiger partial charge in [0, 0.05) is 22.3 Å². The van der Waals surface area contributed by atoms with Crippen LogP contribution in [-0.2, 0) is 9.59 Å². The van der Waals surface area contributed by atoms with Gasteiger partial charge in [0.2, 0.25) is 11.8 Å². The van der Waals surface area contributed by atoms with Crippen molar-refractivity contribution in [3.05, 3.63) is 72.8 Å². The van der Waals surface area contributed by atoms with Crippen molar-refractivity contribution in [2.75, 3.05) is 10.6 Å². The predicted molar refractivity (Wildman–Crippen MR) is 116 cm³/mol. The lowest BCUT2D eigenvalue weighted by atomic mass is 10.2. The van der Waals surface area contributed by atoms with Crippen LogP contribution in [-0.4, -0.2) is 32.1 Å². The SMILES string of the molecule is CC(C(=O)Nc1ccc(NC(=O)/C=C/c2ccc(SC(F)(F)F)cc2)cc1)n1cncn1. The van der Waals surface area contributed by atoms with E-state index in [9.17, 15) is 22.8 Å². The van der Waals surface area contributed by atoms with Crippen molar-refractivity contribution >= 4 is 41.0 Å². The second-order valence-electron chi connectivity index (χ2n) is 6.56. The minimum absolute atomic E-state index is 0.0713. The quantitative estimate of drug-likeness (QED) is 0.392. The van der Waals surface area contributed by atoms with Crippen LogP contribution in [0.5, 0.6) is 0 Å². The number of halogens is 3. The van der Waals surface area contributed by atoms with Crippen molar-refractivity contribution in [1.29, 1.82) is 0 Å². The highest BCUT2D eigenvalue weighted by molar-refractivity contribution is 8.00. The second-order valence-corrected chi connectivity index (χ2v) is 7.70. The minimum Gasteiger partial charge on any atom is -0.324 e. The van der Waals surface area contributed by atoms with Crippen LogP contribution in [0.25, 0.3) is 6.08 Å². The highest BCUT2D eigenvalue weighted by atomic mass is 32.2. The molecule has 2 aromatic carbocycles. The van der Waals surface area contributed by atoms with Gasteiger partial charge < -0.3 is 10.6 Å². The second kappa shape index (κ2) is 10.1. The molecule has 2 N–H and O–H groups in total. The van der Waals surface area contributed by atoms with Crippen molar-refractivity contribution in [2.45, 2.75) is 23.4 Å². The van der Waals surface area contributed by atoms with Crippen LogP contribution in [0.1, 0.15) is 18.5 Å². The molecule has 11 heteroatoms. The molecule has 0 radical (unpaired) electrons. The number of nitrogens with zero attached hydrogens (tertiary/aromatic N) is 3. The lowest BCUT2D eigenvalue weighted by Crippen LogP contribution is -2.24. The van der Waals surface area contributed by atoms with Gasteiger partial charge in [-0.25, -0.2) is 9.67 Å². The van der Waals surface area contributed by atoms with Gasteiger partial charge in [-0.15, -0.1) is 0 Å². The summed E-state index contributed by atoms with van der Waals surface area (Å²) >= 11 is -0.196. The number of thioether (sulfide) groups is 1. The van der Waals surface area contributed by atoms with Gasteiger partial charge in [0.05, 0.1) is 0 Å². The average molecular weight is 461 g/mol. The Kier molecular flexibility index (Phi) is 7.31. The standard InChI is InChI=1S/C21H18F3N5O2S/c1-14(29-13-25-12-26-29)20(31)28-17-7-5-16(6-8-17)27-19(30)11-4-15-2-9-18(10-3-15)32-21(22,23)24/h2-14H,1H3,(H,27,30)(H,28,31)/b11-4+. The first-order valence-electron chi connectivity index (χ1n) is 9.29. The molecular formula is C21H18F3N5O2S. The van der Waals surface area contributed by atoms with Crippen LogP contribution in [0.2, 0.25) is 0 Å². The van der Waals surface area contributed by atoms with Crippen LogP contribution >= 0.6 is 11.8 Å². The smallest absolute Gasteiger partial charge is 0.324 e. The summed E-state index contributed by atoms with van der Waals surface area (Å²) in [7, 11) is 0. The summed E-state index contributed by atoms with van der Waals surface area (Å²) < 4.78 is 38.5. The van der Waals surface area contributed by atoms with Gasteiger partial charge in [-0.3, -0.25) is 9.59 Å². The molecule has 0 bridgehead atoms. The largest absolute Gasteiger partial charge is 0.446 e. The molecule has 0 aliphatic carbocycles. The number of alkyl halides is 3. The van der Waals surface area contributed by atoms with Crippen molar-refractivity contribution in [3.63, 3.8) is 0 Å². The molecule has 7 nitrogen and oxygen atoms in total. The summed E-state index contributed by atoms with van der Waals surface area (Å²) in [6, 6.07) is 11.7. The number of aromatic nitrogens is 3. The van der Waals surface area contributed by atoms with Crippen LogP contribution in [0.3, 0.4) is 0 Å². The van der Waals surface area contributed by atoms with Crippen molar-refractivity contribution < 1.29 is 22.8 Å². The Morgan fingerprint density at radius 3 is 2.22 bits per heavy atom. The number of hydrogen-bond donors (Lipinski definition) is 2. The van der Waals surface area contributed by atoms with E-state index in [-0.39, 0.29) is 22.6 Å². The number of nitrogens with one attached hydrogen (secondary N) is 2. The molecule has 0 aliphatic heterocycles. The monoisotopic (exact) mass is 461 g/mol. The predicted octanol–water partition coefficient (Wildman–Crippen LogP) is 4.74. The summed E-state index contributed by atoms with van der Waals surface area (Å²) in [6.07, 6.45) is 5.57. The van der Waals surface area contributed by atoms with E-state index in [1.54, 1.807) is 31.2 Å². The van der Waals surface area contributed by atoms with Crippen molar-refractivity contribution in [2.24, 2.45) is 0 Å². The van der Waals surface area contributed by atoms with Gasteiger partial charge in [0.1, 0.15) is 18.7 Å². The third kappa shape index (κ3) is 6.98. The first kappa shape index (κ1) is 23.1. The lowest BCUT2D eigenvalue weighted by molar-refractivity contribution is -0.119. The first-order chi connectivity index (χ1) is 15.2. The van der Waals surface area contributed by atoms with E-state index in [4.69, 9.17) is 0 Å². The molecule has 3 aromatic rings. The zero-order valence-electron chi connectivity index (χ0n) is 16.7. The molecule has 0 fully saturated rings. The van der Waals surface area contributed by atoms with Crippen LogP contribution in [0.4, 0.5) is 24.5 Å². The fourth-order valence-electron chi connectivity index (χ4n) is 2.56. The highest BCUT2D eigenvalue weighted by Gasteiger charge is 2.28. The zero-order chi connectivity index (χ0) is 23.1. The van der Waals surface area contributed by atoms with E-state index in [0.717, 1.165) is 0 Å². The number of rotatable bonds is 7. The number of benzene rings is 2. The fourth-order valence-corrected chi connectivity index (χ4v) is 3.10. The number of amides is 2. The van der Waals surface area contributed by atoms with E-state index in [2.05, 4.69) is 20.7 Å². The first-order valence-corrected chi connectivity index (χ1v) is 10.1. The Balaban J connectivity index is 1.51. The Hall–Kier alpha value is -3.60. The molecule has 166 valence electrons. The third-order valence-corrected chi connectivity index (χ3v) is 4.91. The molecule has 3 rings (SSSR count). The summed E-state index contributed by atoms with van der Waals surface area (Å²) in [5.74, 6) is -0.676. The molecule has 32 heavy (non-hydrogen) atoms. The van der Waals surface area contributed by atoms with Gasteiger partial charge in [0.15, 0.2) is 0 Å². The molecular weight excluding hydrogens is 443 g/mol. The zero-order valence-corrected chi connectivity index (χ0v) is 17.5. The Morgan fingerprint density at radius 2 is 1.66 bits per heavy atom. The van der Waals surface area contributed by atoms with E-state index < -0.39 is 17.5 Å². The number of carbonyl (C=O) groups is 2. The van der Waals surface area contributed by atoms with Gasteiger partial charge in [-0.2, -0.15) is 18.3 Å². The maximum Gasteiger partial charge on any atom is 0.446 e. The lowest BCUT2D eigenvalue weighted by Gasteiger charge is -2.12. The molecule has 2 amide bonds. The number of hydrogen-bond acceptors (Lipinski definition) is 5. The minimum atomic E-state index is -4.34.